The van der Waals surface area contributed by atoms with Crippen LogP contribution in [0.1, 0.15) is 5.56 Å². The van der Waals surface area contributed by atoms with E-state index >= 15 is 0 Å². The largest absolute Gasteiger partial charge is 0.496 e. The molecule has 0 radical (unpaired) electrons. The summed E-state index contributed by atoms with van der Waals surface area (Å²) in [5.41, 5.74) is 2.75. The van der Waals surface area contributed by atoms with Crippen LogP contribution in [-0.2, 0) is 0 Å². The summed E-state index contributed by atoms with van der Waals surface area (Å²) in [6.45, 7) is 0. The maximum Gasteiger partial charge on any atom is 0.203 e. The molecule has 0 saturated heterocycles. The van der Waals surface area contributed by atoms with E-state index in [9.17, 15) is 5.21 Å². The number of oxime groups is 1. The molecular weight excluding hydrogens is 362 g/mol. The van der Waals surface area contributed by atoms with Crippen LogP contribution in [0, 0.1) is 0 Å². The van der Waals surface area contributed by atoms with Crippen LogP contribution in [0.3, 0.4) is 0 Å². The minimum atomic E-state index is 0.417. The lowest BCUT2D eigenvalue weighted by molar-refractivity contribution is 0.320. The van der Waals surface area contributed by atoms with Crippen molar-refractivity contribution in [1.82, 2.24) is 0 Å². The van der Waals surface area contributed by atoms with E-state index < -0.39 is 0 Å². The van der Waals surface area contributed by atoms with Gasteiger partial charge in [0.15, 0.2) is 11.5 Å². The van der Waals surface area contributed by atoms with Gasteiger partial charge in [0.05, 0.1) is 40.9 Å². The van der Waals surface area contributed by atoms with Gasteiger partial charge in [0.1, 0.15) is 11.5 Å². The lowest BCUT2D eigenvalue weighted by atomic mass is 9.95. The lowest BCUT2D eigenvalue weighted by Crippen LogP contribution is -2.02. The van der Waals surface area contributed by atoms with E-state index in [4.69, 9.17) is 23.4 Å². The van der Waals surface area contributed by atoms with E-state index in [1.165, 1.54) is 27.5 Å². The molecule has 0 bridgehead atoms. The van der Waals surface area contributed by atoms with Gasteiger partial charge < -0.3 is 28.6 Å². The standard InChI is InChI=1S/C21H21NO6/c1-24-17-8-7-13(16-6-5-9-28-16)10-15(17)19-14(12-22-23)11-18(25-2)20(26-3)21(19)27-4/h5-12,23H,1-4H3. The topological polar surface area (TPSA) is 82.7 Å². The molecule has 0 unspecified atom stereocenters. The predicted molar refractivity (Wildman–Crippen MR) is 105 cm³/mol. The van der Waals surface area contributed by atoms with Gasteiger partial charge in [0.2, 0.25) is 5.75 Å². The van der Waals surface area contributed by atoms with Crippen LogP contribution in [-0.4, -0.2) is 39.9 Å². The zero-order valence-corrected chi connectivity index (χ0v) is 16.1. The molecule has 0 aliphatic carbocycles. The Morgan fingerprint density at radius 1 is 0.893 bits per heavy atom. The highest BCUT2D eigenvalue weighted by Gasteiger charge is 2.24. The molecule has 3 rings (SSSR count). The molecule has 1 N–H and O–H groups in total. The molecule has 1 aromatic heterocycles. The first-order chi connectivity index (χ1) is 13.7. The summed E-state index contributed by atoms with van der Waals surface area (Å²) >= 11 is 0. The molecule has 1 heterocycles. The maximum absolute atomic E-state index is 9.19. The summed E-state index contributed by atoms with van der Waals surface area (Å²) in [7, 11) is 6.16. The molecule has 2 aromatic carbocycles. The van der Waals surface area contributed by atoms with E-state index in [0.717, 1.165) is 5.56 Å². The SMILES string of the molecule is COc1ccc(-c2ccco2)cc1-c1c(C=NO)cc(OC)c(OC)c1OC. The van der Waals surface area contributed by atoms with Crippen molar-refractivity contribution in [2.75, 3.05) is 28.4 Å². The molecule has 7 nitrogen and oxygen atoms in total. The second-order valence-corrected chi connectivity index (χ2v) is 5.75. The van der Waals surface area contributed by atoms with Crippen molar-refractivity contribution in [3.8, 4) is 45.4 Å². The number of methoxy groups -OCH3 is 4. The van der Waals surface area contributed by atoms with Crippen molar-refractivity contribution in [1.29, 1.82) is 0 Å². The first kappa shape index (κ1) is 19.2. The smallest absolute Gasteiger partial charge is 0.203 e. The second kappa shape index (κ2) is 8.39. The lowest BCUT2D eigenvalue weighted by Gasteiger charge is -2.20. The summed E-state index contributed by atoms with van der Waals surface area (Å²) < 4.78 is 27.7. The quantitative estimate of drug-likeness (QED) is 0.369. The fourth-order valence-corrected chi connectivity index (χ4v) is 3.12. The third-order valence-corrected chi connectivity index (χ3v) is 4.33. The molecule has 0 aliphatic heterocycles. The van der Waals surface area contributed by atoms with Crippen molar-refractivity contribution in [2.24, 2.45) is 5.16 Å². The maximum atomic E-state index is 9.19. The molecule has 0 saturated carbocycles. The number of furan rings is 1. The van der Waals surface area contributed by atoms with Gasteiger partial charge >= 0.3 is 0 Å². The normalized spacial score (nSPS) is 10.9. The van der Waals surface area contributed by atoms with Crippen LogP contribution >= 0.6 is 0 Å². The Bertz CT molecular complexity index is 979. The van der Waals surface area contributed by atoms with Crippen LogP contribution in [0.4, 0.5) is 0 Å². The molecule has 0 atom stereocenters. The molecular formula is C21H21NO6. The van der Waals surface area contributed by atoms with E-state index in [0.29, 0.717) is 45.4 Å². The average Bonchev–Trinajstić information content (AvgIpc) is 3.27. The Kier molecular flexibility index (Phi) is 5.74. The monoisotopic (exact) mass is 383 g/mol. The van der Waals surface area contributed by atoms with Crippen molar-refractivity contribution in [2.45, 2.75) is 0 Å². The van der Waals surface area contributed by atoms with Crippen molar-refractivity contribution < 1.29 is 28.6 Å². The van der Waals surface area contributed by atoms with Crippen LogP contribution in [0.5, 0.6) is 23.0 Å². The molecule has 0 fully saturated rings. The predicted octanol–water partition coefficient (Wildman–Crippen LogP) is 4.46. The van der Waals surface area contributed by atoms with Crippen LogP contribution in [0.15, 0.2) is 52.2 Å². The van der Waals surface area contributed by atoms with Gasteiger partial charge in [0, 0.05) is 22.3 Å². The highest BCUT2D eigenvalue weighted by molar-refractivity contribution is 5.97. The van der Waals surface area contributed by atoms with Gasteiger partial charge in [-0.2, -0.15) is 0 Å². The number of rotatable bonds is 7. The van der Waals surface area contributed by atoms with Crippen LogP contribution in [0.25, 0.3) is 22.5 Å². The van der Waals surface area contributed by atoms with Gasteiger partial charge in [-0.25, -0.2) is 0 Å². The van der Waals surface area contributed by atoms with Crippen molar-refractivity contribution >= 4 is 6.21 Å². The third kappa shape index (κ3) is 3.34. The van der Waals surface area contributed by atoms with E-state index in [1.54, 1.807) is 19.4 Å². The van der Waals surface area contributed by atoms with Gasteiger partial charge in [-0.1, -0.05) is 5.16 Å². The van der Waals surface area contributed by atoms with Gasteiger partial charge in [-0.05, 0) is 36.4 Å². The Hall–Kier alpha value is -3.61. The fraction of sp³-hybridized carbons (Fsp3) is 0.190. The molecule has 7 heteroatoms. The van der Waals surface area contributed by atoms with Crippen LogP contribution in [0.2, 0.25) is 0 Å². The summed E-state index contributed by atoms with van der Waals surface area (Å²) in [4.78, 5) is 0. The van der Waals surface area contributed by atoms with E-state index in [-0.39, 0.29) is 0 Å². The summed E-state index contributed by atoms with van der Waals surface area (Å²) in [6.07, 6.45) is 2.92. The molecule has 0 spiro atoms. The molecule has 3 aromatic rings. The number of hydrogen-bond donors (Lipinski definition) is 1. The summed E-state index contributed by atoms with van der Waals surface area (Å²) in [5.74, 6) is 2.60. The minimum Gasteiger partial charge on any atom is -0.496 e. The average molecular weight is 383 g/mol. The van der Waals surface area contributed by atoms with Crippen molar-refractivity contribution in [3.63, 3.8) is 0 Å². The number of nitrogens with zero attached hydrogens (tertiary/aromatic N) is 1. The zero-order valence-electron chi connectivity index (χ0n) is 16.1. The second-order valence-electron chi connectivity index (χ2n) is 5.75. The Balaban J connectivity index is 2.37. The molecule has 0 amide bonds. The third-order valence-electron chi connectivity index (χ3n) is 4.33. The van der Waals surface area contributed by atoms with Gasteiger partial charge in [-0.15, -0.1) is 0 Å². The van der Waals surface area contributed by atoms with E-state index in [2.05, 4.69) is 5.16 Å². The Morgan fingerprint density at radius 2 is 1.64 bits per heavy atom. The Labute approximate surface area is 162 Å². The highest BCUT2D eigenvalue weighted by atomic mass is 16.5. The number of hydrogen-bond acceptors (Lipinski definition) is 7. The molecule has 0 aliphatic rings. The van der Waals surface area contributed by atoms with Crippen molar-refractivity contribution in [3.05, 3.63) is 48.2 Å². The summed E-state index contributed by atoms with van der Waals surface area (Å²) in [6, 6.07) is 11.0. The minimum absolute atomic E-state index is 0.417. The van der Waals surface area contributed by atoms with Gasteiger partial charge in [-0.3, -0.25) is 0 Å². The molecule has 146 valence electrons. The summed E-state index contributed by atoms with van der Waals surface area (Å²) in [5, 5.41) is 12.4. The highest BCUT2D eigenvalue weighted by Crippen LogP contribution is 2.49. The molecule has 28 heavy (non-hydrogen) atoms. The first-order valence-corrected chi connectivity index (χ1v) is 8.41. The Morgan fingerprint density at radius 3 is 2.21 bits per heavy atom. The van der Waals surface area contributed by atoms with Crippen LogP contribution < -0.4 is 18.9 Å². The first-order valence-electron chi connectivity index (χ1n) is 8.41. The fourth-order valence-electron chi connectivity index (χ4n) is 3.12. The van der Waals surface area contributed by atoms with Gasteiger partial charge in [0.25, 0.3) is 0 Å². The number of ether oxygens (including phenoxy) is 4. The zero-order chi connectivity index (χ0) is 20.1. The van der Waals surface area contributed by atoms with E-state index in [1.807, 2.05) is 30.3 Å². The number of benzene rings is 2.